The summed E-state index contributed by atoms with van der Waals surface area (Å²) in [6.07, 6.45) is 0.429. The zero-order valence-electron chi connectivity index (χ0n) is 20.1. The highest BCUT2D eigenvalue weighted by Crippen LogP contribution is 2.35. The number of fused-ring (bicyclic) bond motifs is 1. The maximum atomic E-state index is 13.6. The van der Waals surface area contributed by atoms with Crippen molar-refractivity contribution in [1.82, 2.24) is 4.98 Å². The van der Waals surface area contributed by atoms with Crippen molar-refractivity contribution in [2.45, 2.75) is 47.1 Å². The highest BCUT2D eigenvalue weighted by atomic mass is 32.1. The Balaban J connectivity index is 1.80. The van der Waals surface area contributed by atoms with Gasteiger partial charge in [0.05, 0.1) is 28.4 Å². The van der Waals surface area contributed by atoms with E-state index in [1.165, 1.54) is 11.3 Å². The summed E-state index contributed by atoms with van der Waals surface area (Å²) in [5.74, 6) is -0.692. The molecule has 2 aromatic carbocycles. The third kappa shape index (κ3) is 4.59. The summed E-state index contributed by atoms with van der Waals surface area (Å²) >= 11 is 1.40. The van der Waals surface area contributed by atoms with Crippen molar-refractivity contribution in [2.75, 3.05) is 5.32 Å². The van der Waals surface area contributed by atoms with Crippen LogP contribution in [-0.4, -0.2) is 23.0 Å². The van der Waals surface area contributed by atoms with Crippen LogP contribution < -0.4 is 5.32 Å². The number of pyridine rings is 1. The number of para-hydroxylation sites is 1. The van der Waals surface area contributed by atoms with Crippen LogP contribution in [-0.2, 0) is 11.2 Å². The number of thiophene rings is 1. The van der Waals surface area contributed by atoms with Crippen LogP contribution in [0.3, 0.4) is 0 Å². The van der Waals surface area contributed by atoms with Gasteiger partial charge in [0.25, 0.3) is 5.91 Å². The van der Waals surface area contributed by atoms with Crippen LogP contribution >= 0.6 is 11.3 Å². The average Bonchev–Trinajstić information content (AvgIpc) is 3.12. The molecule has 6 heteroatoms. The lowest BCUT2D eigenvalue weighted by molar-refractivity contribution is 0.0378. The fraction of sp³-hybridized carbons (Fsp3) is 0.250. The Labute approximate surface area is 203 Å². The van der Waals surface area contributed by atoms with E-state index in [1.54, 1.807) is 0 Å². The van der Waals surface area contributed by atoms with E-state index in [4.69, 9.17) is 9.72 Å². The number of hydrogen-bond donors (Lipinski definition) is 1. The molecule has 0 aliphatic carbocycles. The van der Waals surface area contributed by atoms with E-state index in [9.17, 15) is 9.59 Å². The maximum absolute atomic E-state index is 13.6. The Kier molecular flexibility index (Phi) is 6.80. The molecular weight excluding hydrogens is 444 g/mol. The Morgan fingerprint density at radius 3 is 2.47 bits per heavy atom. The Morgan fingerprint density at radius 1 is 1.06 bits per heavy atom. The molecule has 4 aromatic rings. The molecule has 2 aromatic heterocycles. The van der Waals surface area contributed by atoms with Crippen molar-refractivity contribution >= 4 is 39.1 Å². The van der Waals surface area contributed by atoms with Crippen LogP contribution in [0, 0.1) is 13.8 Å². The third-order valence-electron chi connectivity index (χ3n) is 5.72. The van der Waals surface area contributed by atoms with Gasteiger partial charge in [-0.25, -0.2) is 9.78 Å². The topological polar surface area (TPSA) is 68.3 Å². The Bertz CT molecular complexity index is 1390. The molecule has 0 aliphatic heterocycles. The van der Waals surface area contributed by atoms with Crippen molar-refractivity contribution in [2.24, 2.45) is 0 Å². The quantitative estimate of drug-likeness (QED) is 0.308. The van der Waals surface area contributed by atoms with Gasteiger partial charge in [-0.1, -0.05) is 49.4 Å². The number of rotatable bonds is 6. The molecule has 0 aliphatic rings. The number of anilines is 1. The second-order valence-corrected chi connectivity index (χ2v) is 9.71. The number of aromatic nitrogens is 1. The van der Waals surface area contributed by atoms with E-state index in [1.807, 2.05) is 89.2 Å². The van der Waals surface area contributed by atoms with Gasteiger partial charge in [0.1, 0.15) is 5.00 Å². The summed E-state index contributed by atoms with van der Waals surface area (Å²) in [5, 5.41) is 4.29. The summed E-state index contributed by atoms with van der Waals surface area (Å²) in [6.45, 7) is 9.62. The fourth-order valence-corrected chi connectivity index (χ4v) is 5.24. The molecule has 1 N–H and O–H groups in total. The number of carbonyl (C=O) groups is 2. The first-order chi connectivity index (χ1) is 16.3. The van der Waals surface area contributed by atoms with E-state index in [-0.39, 0.29) is 12.0 Å². The van der Waals surface area contributed by atoms with Gasteiger partial charge >= 0.3 is 5.97 Å². The highest BCUT2D eigenvalue weighted by Gasteiger charge is 2.25. The van der Waals surface area contributed by atoms with Gasteiger partial charge in [0, 0.05) is 15.8 Å². The normalized spacial score (nSPS) is 11.1. The molecule has 0 saturated carbocycles. The molecule has 0 spiro atoms. The van der Waals surface area contributed by atoms with Gasteiger partial charge in [-0.2, -0.15) is 0 Å². The van der Waals surface area contributed by atoms with Crippen LogP contribution in [0.5, 0.6) is 0 Å². The first-order valence-corrected chi connectivity index (χ1v) is 12.2. The first kappa shape index (κ1) is 23.6. The van der Waals surface area contributed by atoms with Crippen LogP contribution in [0.2, 0.25) is 0 Å². The van der Waals surface area contributed by atoms with Crippen molar-refractivity contribution in [1.29, 1.82) is 0 Å². The van der Waals surface area contributed by atoms with Crippen LogP contribution in [0.1, 0.15) is 57.5 Å². The predicted octanol–water partition coefficient (Wildman–Crippen LogP) is 6.96. The number of nitrogens with zero attached hydrogens (tertiary/aromatic N) is 1. The Hall–Kier alpha value is -3.51. The van der Waals surface area contributed by atoms with E-state index < -0.39 is 5.97 Å². The van der Waals surface area contributed by atoms with Gasteiger partial charge in [0.15, 0.2) is 0 Å². The third-order valence-corrected chi connectivity index (χ3v) is 6.78. The largest absolute Gasteiger partial charge is 0.459 e. The predicted molar refractivity (Wildman–Crippen MR) is 139 cm³/mol. The van der Waals surface area contributed by atoms with Crippen molar-refractivity contribution in [3.05, 3.63) is 81.7 Å². The maximum Gasteiger partial charge on any atom is 0.341 e. The van der Waals surface area contributed by atoms with Gasteiger partial charge in [-0.05, 0) is 57.4 Å². The number of esters is 1. The minimum atomic E-state index is -0.410. The molecule has 1 amide bonds. The number of benzene rings is 2. The van der Waals surface area contributed by atoms with Crippen LogP contribution in [0.25, 0.3) is 22.2 Å². The smallest absolute Gasteiger partial charge is 0.341 e. The molecule has 5 nitrogen and oxygen atoms in total. The van der Waals surface area contributed by atoms with Crippen LogP contribution in [0.15, 0.2) is 54.6 Å². The molecule has 0 radical (unpaired) electrons. The number of nitrogens with one attached hydrogen (secondary N) is 1. The highest BCUT2D eigenvalue weighted by molar-refractivity contribution is 7.16. The minimum Gasteiger partial charge on any atom is -0.459 e. The van der Waals surface area contributed by atoms with Crippen molar-refractivity contribution < 1.29 is 14.3 Å². The first-order valence-electron chi connectivity index (χ1n) is 11.4. The molecule has 0 fully saturated rings. The lowest BCUT2D eigenvalue weighted by Gasteiger charge is -2.13. The van der Waals surface area contributed by atoms with Crippen molar-refractivity contribution in [3.63, 3.8) is 0 Å². The molecule has 0 unspecified atom stereocenters. The molecule has 0 bridgehead atoms. The number of carbonyl (C=O) groups excluding carboxylic acids is 2. The van der Waals surface area contributed by atoms with E-state index in [0.29, 0.717) is 22.5 Å². The SMILES string of the molecule is CCc1c(C)sc(NC(=O)c2cc(-c3ccccc3C)nc3ccccc23)c1C(=O)OC(C)C. The molecule has 34 heavy (non-hydrogen) atoms. The molecule has 4 rings (SSSR count). The van der Waals surface area contributed by atoms with Gasteiger partial charge in [-0.15, -0.1) is 11.3 Å². The molecule has 0 saturated heterocycles. The summed E-state index contributed by atoms with van der Waals surface area (Å²) < 4.78 is 5.49. The second kappa shape index (κ2) is 9.77. The van der Waals surface area contributed by atoms with E-state index in [0.717, 1.165) is 38.2 Å². The zero-order valence-corrected chi connectivity index (χ0v) is 20.9. The molecule has 0 atom stereocenters. The fourth-order valence-electron chi connectivity index (χ4n) is 4.11. The van der Waals surface area contributed by atoms with Gasteiger partial charge in [0.2, 0.25) is 0 Å². The molecule has 174 valence electrons. The summed E-state index contributed by atoms with van der Waals surface area (Å²) in [7, 11) is 0. The van der Waals surface area contributed by atoms with Crippen LogP contribution in [0.4, 0.5) is 5.00 Å². The number of ether oxygens (including phenoxy) is 1. The zero-order chi connectivity index (χ0) is 24.4. The summed E-state index contributed by atoms with van der Waals surface area (Å²) in [6, 6.07) is 17.4. The second-order valence-electron chi connectivity index (χ2n) is 8.49. The Morgan fingerprint density at radius 2 is 1.76 bits per heavy atom. The monoisotopic (exact) mass is 472 g/mol. The van der Waals surface area contributed by atoms with E-state index >= 15 is 0 Å². The minimum absolute atomic E-state index is 0.248. The van der Waals surface area contributed by atoms with E-state index in [2.05, 4.69) is 5.32 Å². The number of amides is 1. The standard InChI is InChI=1S/C28H28N2O3S/c1-6-19-18(5)34-27(25(19)28(32)33-16(2)3)30-26(31)22-15-24(20-12-8-7-11-17(20)4)29-23-14-10-9-13-21(22)23/h7-16H,6H2,1-5H3,(H,30,31). The summed E-state index contributed by atoms with van der Waals surface area (Å²) in [5.41, 5.74) is 5.40. The van der Waals surface area contributed by atoms with Gasteiger partial charge in [-0.3, -0.25) is 4.79 Å². The number of aryl methyl sites for hydroxylation is 2. The van der Waals surface area contributed by atoms with Crippen molar-refractivity contribution in [3.8, 4) is 11.3 Å². The molecular formula is C28H28N2O3S. The molecule has 2 heterocycles. The lowest BCUT2D eigenvalue weighted by Crippen LogP contribution is -2.17. The summed E-state index contributed by atoms with van der Waals surface area (Å²) in [4.78, 5) is 32.3. The number of hydrogen-bond acceptors (Lipinski definition) is 5. The lowest BCUT2D eigenvalue weighted by atomic mass is 10.0. The van der Waals surface area contributed by atoms with Gasteiger partial charge < -0.3 is 10.1 Å². The average molecular weight is 473 g/mol.